The van der Waals surface area contributed by atoms with Crippen molar-refractivity contribution in [3.8, 4) is 0 Å². The highest BCUT2D eigenvalue weighted by atomic mass is 16.2. The molecule has 2 aliphatic rings. The van der Waals surface area contributed by atoms with E-state index in [0.717, 1.165) is 12.8 Å². The van der Waals surface area contributed by atoms with E-state index in [9.17, 15) is 14.4 Å². The Balaban J connectivity index is 1.86. The number of hydrogen-bond acceptors (Lipinski definition) is 3. The monoisotopic (exact) mass is 313 g/mol. The van der Waals surface area contributed by atoms with Gasteiger partial charge in [0.25, 0.3) is 0 Å². The lowest BCUT2D eigenvalue weighted by Gasteiger charge is -2.38. The van der Waals surface area contributed by atoms with E-state index in [4.69, 9.17) is 0 Å². The van der Waals surface area contributed by atoms with Gasteiger partial charge in [0.05, 0.1) is 5.41 Å². The summed E-state index contributed by atoms with van der Waals surface area (Å²) in [5, 5.41) is 2.96. The van der Waals surface area contributed by atoms with Crippen molar-refractivity contribution in [2.75, 3.05) is 5.32 Å². The lowest BCUT2D eigenvalue weighted by Crippen LogP contribution is -2.43. The fourth-order valence-electron chi connectivity index (χ4n) is 4.40. The Labute approximate surface area is 136 Å². The molecule has 0 saturated heterocycles. The van der Waals surface area contributed by atoms with Crippen molar-refractivity contribution in [1.29, 1.82) is 0 Å². The van der Waals surface area contributed by atoms with Crippen molar-refractivity contribution in [2.45, 2.75) is 47.0 Å². The van der Waals surface area contributed by atoms with Crippen molar-refractivity contribution in [3.63, 3.8) is 0 Å². The molecule has 2 bridgehead atoms. The van der Waals surface area contributed by atoms with Crippen LogP contribution in [0.4, 0.5) is 5.69 Å². The second kappa shape index (κ2) is 4.76. The molecule has 3 rings (SSSR count). The van der Waals surface area contributed by atoms with Gasteiger partial charge in [-0.3, -0.25) is 14.4 Å². The molecule has 23 heavy (non-hydrogen) atoms. The number of hydrogen-bond donors (Lipinski definition) is 1. The molecule has 1 N–H and O–H groups in total. The number of ketones is 2. The number of Topliss-reactive ketones (excluding diaryl/α,β-unsaturated/α-hetero) is 2. The fraction of sp³-hybridized carbons (Fsp3) is 0.526. The maximum atomic E-state index is 13.0. The number of carbonyl (C=O) groups is 3. The number of rotatable bonds is 3. The Morgan fingerprint density at radius 2 is 1.65 bits per heavy atom. The van der Waals surface area contributed by atoms with E-state index >= 15 is 0 Å². The van der Waals surface area contributed by atoms with Crippen LogP contribution in [0.2, 0.25) is 0 Å². The highest BCUT2D eigenvalue weighted by Crippen LogP contribution is 2.70. The Bertz CT molecular complexity index is 704. The van der Waals surface area contributed by atoms with E-state index in [1.54, 1.807) is 24.3 Å². The minimum Gasteiger partial charge on any atom is -0.326 e. The molecule has 0 aromatic heterocycles. The van der Waals surface area contributed by atoms with Gasteiger partial charge in [0, 0.05) is 23.1 Å². The van der Waals surface area contributed by atoms with Crippen LogP contribution in [0.15, 0.2) is 24.3 Å². The molecule has 4 heteroatoms. The minimum atomic E-state index is -0.627. The van der Waals surface area contributed by atoms with Crippen LogP contribution in [-0.2, 0) is 9.59 Å². The summed E-state index contributed by atoms with van der Waals surface area (Å²) in [6, 6.07) is 6.89. The van der Waals surface area contributed by atoms with E-state index in [-0.39, 0.29) is 22.9 Å². The first-order valence-electron chi connectivity index (χ1n) is 8.10. The summed E-state index contributed by atoms with van der Waals surface area (Å²) in [6.45, 7) is 7.60. The normalized spacial score (nSPS) is 31.2. The van der Waals surface area contributed by atoms with Crippen molar-refractivity contribution < 1.29 is 14.4 Å². The topological polar surface area (TPSA) is 63.2 Å². The molecule has 0 spiro atoms. The first-order valence-corrected chi connectivity index (χ1v) is 8.10. The van der Waals surface area contributed by atoms with E-state index in [1.807, 2.05) is 20.8 Å². The van der Waals surface area contributed by atoms with Crippen LogP contribution in [0, 0.1) is 16.2 Å². The number of fused-ring (bicyclic) bond motifs is 2. The summed E-state index contributed by atoms with van der Waals surface area (Å²) in [5.41, 5.74) is -0.0920. The molecule has 1 aromatic rings. The summed E-state index contributed by atoms with van der Waals surface area (Å²) < 4.78 is 0. The van der Waals surface area contributed by atoms with Gasteiger partial charge in [-0.2, -0.15) is 0 Å². The highest BCUT2D eigenvalue weighted by Gasteiger charge is 2.72. The van der Waals surface area contributed by atoms with Crippen molar-refractivity contribution >= 4 is 23.2 Å². The summed E-state index contributed by atoms with van der Waals surface area (Å²) >= 11 is 0. The zero-order valence-electron chi connectivity index (χ0n) is 14.2. The second-order valence-corrected chi connectivity index (χ2v) is 7.73. The van der Waals surface area contributed by atoms with E-state index < -0.39 is 10.8 Å². The summed E-state index contributed by atoms with van der Waals surface area (Å²) in [5.74, 6) is 0.124. The summed E-state index contributed by atoms with van der Waals surface area (Å²) in [4.78, 5) is 36.7. The van der Waals surface area contributed by atoms with Crippen LogP contribution in [0.1, 0.15) is 57.3 Å². The predicted molar refractivity (Wildman–Crippen MR) is 88.3 cm³/mol. The number of benzene rings is 1. The molecule has 0 radical (unpaired) electrons. The smallest absolute Gasteiger partial charge is 0.231 e. The molecule has 2 fully saturated rings. The van der Waals surface area contributed by atoms with Gasteiger partial charge in [-0.1, -0.05) is 20.8 Å². The van der Waals surface area contributed by atoms with E-state index in [0.29, 0.717) is 17.7 Å². The Kier molecular flexibility index (Phi) is 3.29. The van der Waals surface area contributed by atoms with Gasteiger partial charge >= 0.3 is 0 Å². The van der Waals surface area contributed by atoms with Crippen LogP contribution < -0.4 is 5.32 Å². The van der Waals surface area contributed by atoms with Crippen molar-refractivity contribution in [1.82, 2.24) is 0 Å². The predicted octanol–water partition coefficient (Wildman–Crippen LogP) is 3.61. The minimum absolute atomic E-state index is 0.00412. The molecule has 2 atom stereocenters. The fourth-order valence-corrected chi connectivity index (χ4v) is 4.40. The summed E-state index contributed by atoms with van der Waals surface area (Å²) in [7, 11) is 0. The third kappa shape index (κ3) is 1.93. The Hall–Kier alpha value is -1.97. The van der Waals surface area contributed by atoms with Gasteiger partial charge in [0.15, 0.2) is 5.78 Å². The molecule has 0 unspecified atom stereocenters. The third-order valence-electron chi connectivity index (χ3n) is 6.69. The zero-order chi connectivity index (χ0) is 17.0. The summed E-state index contributed by atoms with van der Waals surface area (Å²) in [6.07, 6.45) is 1.85. The SMILES string of the molecule is CC(=O)c1ccc(NC(=O)[C@@]23CC[C@](C)(C(=O)C2)C3(C)C)cc1. The molecule has 0 aliphatic heterocycles. The van der Waals surface area contributed by atoms with E-state index in [1.165, 1.54) is 6.92 Å². The average molecular weight is 313 g/mol. The zero-order valence-corrected chi connectivity index (χ0v) is 14.2. The first kappa shape index (κ1) is 15.9. The van der Waals surface area contributed by atoms with Crippen molar-refractivity contribution in [3.05, 3.63) is 29.8 Å². The quantitative estimate of drug-likeness (QED) is 0.867. The lowest BCUT2D eigenvalue weighted by atomic mass is 9.64. The molecular formula is C19H23NO3. The molecule has 0 heterocycles. The average Bonchev–Trinajstić information content (AvgIpc) is 2.78. The van der Waals surface area contributed by atoms with Crippen LogP contribution in [0.25, 0.3) is 0 Å². The van der Waals surface area contributed by atoms with Gasteiger partial charge in [0.1, 0.15) is 5.78 Å². The third-order valence-corrected chi connectivity index (χ3v) is 6.69. The van der Waals surface area contributed by atoms with Gasteiger partial charge in [-0.05, 0) is 49.4 Å². The maximum Gasteiger partial charge on any atom is 0.231 e. The number of nitrogens with one attached hydrogen (secondary N) is 1. The number of anilines is 1. The van der Waals surface area contributed by atoms with E-state index in [2.05, 4.69) is 5.32 Å². The number of carbonyl (C=O) groups excluding carboxylic acids is 3. The van der Waals surface area contributed by atoms with Gasteiger partial charge in [-0.15, -0.1) is 0 Å². The largest absolute Gasteiger partial charge is 0.326 e. The second-order valence-electron chi connectivity index (χ2n) is 7.73. The first-order chi connectivity index (χ1) is 10.6. The van der Waals surface area contributed by atoms with Crippen LogP contribution in [0.5, 0.6) is 0 Å². The molecule has 2 aliphatic carbocycles. The maximum absolute atomic E-state index is 13.0. The van der Waals surface area contributed by atoms with Gasteiger partial charge < -0.3 is 5.32 Å². The molecule has 1 aromatic carbocycles. The number of amides is 1. The standard InChI is InChI=1S/C19H23NO3/c1-12(21)13-5-7-14(8-6-13)20-16(23)19-10-9-18(4,15(22)11-19)17(19,2)3/h5-8H,9-11H2,1-4H3,(H,20,23)/t18-,19-/m1/s1. The van der Waals surface area contributed by atoms with Gasteiger partial charge in [0.2, 0.25) is 5.91 Å². The Morgan fingerprint density at radius 3 is 2.09 bits per heavy atom. The molecule has 1 amide bonds. The van der Waals surface area contributed by atoms with Crippen molar-refractivity contribution in [2.24, 2.45) is 16.2 Å². The lowest BCUT2D eigenvalue weighted by molar-refractivity contribution is -0.131. The van der Waals surface area contributed by atoms with Crippen LogP contribution in [-0.4, -0.2) is 17.5 Å². The molecule has 2 saturated carbocycles. The molecule has 122 valence electrons. The van der Waals surface area contributed by atoms with Crippen LogP contribution >= 0.6 is 0 Å². The molecule has 4 nitrogen and oxygen atoms in total. The molecular weight excluding hydrogens is 290 g/mol. The highest BCUT2D eigenvalue weighted by molar-refractivity contribution is 6.04. The Morgan fingerprint density at radius 1 is 1.04 bits per heavy atom. The van der Waals surface area contributed by atoms with Gasteiger partial charge in [-0.25, -0.2) is 0 Å². The van der Waals surface area contributed by atoms with Crippen LogP contribution in [0.3, 0.4) is 0 Å².